The lowest BCUT2D eigenvalue weighted by Crippen LogP contribution is -2.25. The smallest absolute Gasteiger partial charge is 0.142 e. The molecule has 5 heteroatoms. The Morgan fingerprint density at radius 3 is 2.55 bits per heavy atom. The van der Waals surface area contributed by atoms with Crippen LogP contribution in [0.5, 0.6) is 0 Å². The number of hydrogen-bond donors (Lipinski definition) is 1. The van der Waals surface area contributed by atoms with Crippen LogP contribution in [0.15, 0.2) is 47.4 Å². The van der Waals surface area contributed by atoms with Crippen LogP contribution in [-0.2, 0) is 6.42 Å². The van der Waals surface area contributed by atoms with Gasteiger partial charge >= 0.3 is 0 Å². The van der Waals surface area contributed by atoms with Crippen molar-refractivity contribution in [2.45, 2.75) is 17.4 Å². The van der Waals surface area contributed by atoms with E-state index < -0.39 is 5.82 Å². The zero-order valence-electron chi connectivity index (χ0n) is 10.7. The summed E-state index contributed by atoms with van der Waals surface area (Å²) in [5.74, 6) is -0.133. The number of nitrogens with two attached hydrogens (primary N) is 1. The first-order valence-electron chi connectivity index (χ1n) is 6.13. The highest BCUT2D eigenvalue weighted by Gasteiger charge is 2.09. The van der Waals surface area contributed by atoms with Gasteiger partial charge in [-0.3, -0.25) is 0 Å². The standard InChI is InChI=1S/C15H14ClF2NS/c16-12-6-5-10(8-14(12)18)7-11(19)9-20-15-4-2-1-3-13(15)17/h1-6,8,11H,7,9,19H2. The summed E-state index contributed by atoms with van der Waals surface area (Å²) in [6.07, 6.45) is 0.523. The minimum atomic E-state index is -0.446. The summed E-state index contributed by atoms with van der Waals surface area (Å²) in [7, 11) is 0. The summed E-state index contributed by atoms with van der Waals surface area (Å²) in [5.41, 5.74) is 6.78. The Kier molecular flexibility index (Phi) is 5.40. The second-order valence-electron chi connectivity index (χ2n) is 4.45. The molecule has 106 valence electrons. The predicted molar refractivity (Wildman–Crippen MR) is 80.2 cm³/mol. The minimum absolute atomic E-state index is 0.100. The molecular weight excluding hydrogens is 300 g/mol. The SMILES string of the molecule is NC(CSc1ccccc1F)Cc1ccc(Cl)c(F)c1. The molecule has 20 heavy (non-hydrogen) atoms. The van der Waals surface area contributed by atoms with E-state index in [0.29, 0.717) is 17.1 Å². The Hall–Kier alpha value is -1.10. The third-order valence-electron chi connectivity index (χ3n) is 2.77. The van der Waals surface area contributed by atoms with Crippen molar-refractivity contribution >= 4 is 23.4 Å². The molecule has 0 aliphatic heterocycles. The lowest BCUT2D eigenvalue weighted by atomic mass is 10.1. The van der Waals surface area contributed by atoms with Crippen LogP contribution in [0, 0.1) is 11.6 Å². The van der Waals surface area contributed by atoms with Gasteiger partial charge in [-0.05, 0) is 36.2 Å². The van der Waals surface area contributed by atoms with Gasteiger partial charge in [0.1, 0.15) is 11.6 Å². The van der Waals surface area contributed by atoms with E-state index >= 15 is 0 Å². The zero-order chi connectivity index (χ0) is 14.5. The fourth-order valence-electron chi connectivity index (χ4n) is 1.79. The fourth-order valence-corrected chi connectivity index (χ4v) is 2.80. The van der Waals surface area contributed by atoms with E-state index in [1.54, 1.807) is 24.3 Å². The van der Waals surface area contributed by atoms with Crippen molar-refractivity contribution in [3.8, 4) is 0 Å². The first kappa shape index (κ1) is 15.3. The van der Waals surface area contributed by atoms with E-state index in [4.69, 9.17) is 17.3 Å². The van der Waals surface area contributed by atoms with Gasteiger partial charge in [-0.15, -0.1) is 11.8 Å². The van der Waals surface area contributed by atoms with Gasteiger partial charge in [-0.2, -0.15) is 0 Å². The lowest BCUT2D eigenvalue weighted by molar-refractivity contribution is 0.601. The summed E-state index contributed by atoms with van der Waals surface area (Å²) in [6, 6.07) is 11.0. The molecule has 1 unspecified atom stereocenters. The van der Waals surface area contributed by atoms with Gasteiger partial charge in [0.15, 0.2) is 0 Å². The predicted octanol–water partition coefficient (Wildman–Crippen LogP) is 4.28. The number of benzene rings is 2. The number of halogens is 3. The molecule has 0 aromatic heterocycles. The van der Waals surface area contributed by atoms with Crippen molar-refractivity contribution in [3.05, 3.63) is 64.7 Å². The van der Waals surface area contributed by atoms with E-state index in [-0.39, 0.29) is 16.9 Å². The lowest BCUT2D eigenvalue weighted by Gasteiger charge is -2.12. The molecule has 2 N–H and O–H groups in total. The van der Waals surface area contributed by atoms with Crippen molar-refractivity contribution in [2.24, 2.45) is 5.73 Å². The Morgan fingerprint density at radius 2 is 1.85 bits per heavy atom. The molecular formula is C15H14ClF2NS. The van der Waals surface area contributed by atoms with Gasteiger partial charge in [0.05, 0.1) is 5.02 Å². The van der Waals surface area contributed by atoms with Gasteiger partial charge in [-0.1, -0.05) is 29.8 Å². The van der Waals surface area contributed by atoms with Crippen LogP contribution in [0.2, 0.25) is 5.02 Å². The van der Waals surface area contributed by atoms with Crippen molar-refractivity contribution in [3.63, 3.8) is 0 Å². The highest BCUT2D eigenvalue weighted by molar-refractivity contribution is 7.99. The highest BCUT2D eigenvalue weighted by Crippen LogP contribution is 2.23. The Morgan fingerprint density at radius 1 is 1.10 bits per heavy atom. The van der Waals surface area contributed by atoms with Crippen LogP contribution in [0.25, 0.3) is 0 Å². The molecule has 1 atom stereocenters. The van der Waals surface area contributed by atoms with Gasteiger partial charge < -0.3 is 5.73 Å². The van der Waals surface area contributed by atoms with E-state index in [1.165, 1.54) is 30.0 Å². The molecule has 0 saturated heterocycles. The number of hydrogen-bond acceptors (Lipinski definition) is 2. The molecule has 0 spiro atoms. The van der Waals surface area contributed by atoms with Gasteiger partial charge in [0, 0.05) is 16.7 Å². The summed E-state index contributed by atoms with van der Waals surface area (Å²) in [6.45, 7) is 0. The molecule has 0 radical (unpaired) electrons. The molecule has 0 saturated carbocycles. The van der Waals surface area contributed by atoms with E-state index in [1.807, 2.05) is 0 Å². The largest absolute Gasteiger partial charge is 0.327 e. The average molecular weight is 314 g/mol. The van der Waals surface area contributed by atoms with Crippen molar-refractivity contribution in [2.75, 3.05) is 5.75 Å². The van der Waals surface area contributed by atoms with Gasteiger partial charge in [-0.25, -0.2) is 8.78 Å². The molecule has 2 aromatic carbocycles. The van der Waals surface area contributed by atoms with Crippen molar-refractivity contribution in [1.29, 1.82) is 0 Å². The van der Waals surface area contributed by atoms with Crippen LogP contribution in [0.1, 0.15) is 5.56 Å². The molecule has 0 heterocycles. The topological polar surface area (TPSA) is 26.0 Å². The molecule has 2 aromatic rings. The molecule has 0 aliphatic carbocycles. The van der Waals surface area contributed by atoms with Crippen LogP contribution < -0.4 is 5.73 Å². The van der Waals surface area contributed by atoms with E-state index in [2.05, 4.69) is 0 Å². The number of thioether (sulfide) groups is 1. The molecule has 1 nitrogen and oxygen atoms in total. The quantitative estimate of drug-likeness (QED) is 0.834. The van der Waals surface area contributed by atoms with Crippen molar-refractivity contribution in [1.82, 2.24) is 0 Å². The average Bonchev–Trinajstić information content (AvgIpc) is 2.42. The first-order chi connectivity index (χ1) is 9.56. The molecule has 0 fully saturated rings. The monoisotopic (exact) mass is 313 g/mol. The zero-order valence-corrected chi connectivity index (χ0v) is 12.2. The fraction of sp³-hybridized carbons (Fsp3) is 0.200. The summed E-state index contributed by atoms with van der Waals surface area (Å²) < 4.78 is 26.7. The molecule has 2 rings (SSSR count). The summed E-state index contributed by atoms with van der Waals surface area (Å²) in [4.78, 5) is 0.574. The second kappa shape index (κ2) is 7.07. The van der Waals surface area contributed by atoms with Crippen molar-refractivity contribution < 1.29 is 8.78 Å². The van der Waals surface area contributed by atoms with Gasteiger partial charge in [0.25, 0.3) is 0 Å². The maximum Gasteiger partial charge on any atom is 0.142 e. The Labute approximate surface area is 126 Å². The summed E-state index contributed by atoms with van der Waals surface area (Å²) in [5, 5.41) is 0.100. The molecule has 0 aliphatic rings. The molecule has 0 amide bonds. The maximum absolute atomic E-state index is 13.4. The third-order valence-corrected chi connectivity index (χ3v) is 4.31. The normalized spacial score (nSPS) is 12.4. The maximum atomic E-state index is 13.4. The second-order valence-corrected chi connectivity index (χ2v) is 5.92. The number of rotatable bonds is 5. The first-order valence-corrected chi connectivity index (χ1v) is 7.49. The molecule has 0 bridgehead atoms. The highest BCUT2D eigenvalue weighted by atomic mass is 35.5. The van der Waals surface area contributed by atoms with E-state index in [0.717, 1.165) is 5.56 Å². The summed E-state index contributed by atoms with van der Waals surface area (Å²) >= 11 is 6.99. The minimum Gasteiger partial charge on any atom is -0.327 e. The third kappa shape index (κ3) is 4.20. The van der Waals surface area contributed by atoms with E-state index in [9.17, 15) is 8.78 Å². The Balaban J connectivity index is 1.91. The van der Waals surface area contributed by atoms with Gasteiger partial charge in [0.2, 0.25) is 0 Å². The van der Waals surface area contributed by atoms with Crippen LogP contribution in [-0.4, -0.2) is 11.8 Å². The Bertz CT molecular complexity index is 592. The van der Waals surface area contributed by atoms with Crippen LogP contribution in [0.4, 0.5) is 8.78 Å². The van der Waals surface area contributed by atoms with Crippen LogP contribution >= 0.6 is 23.4 Å². The van der Waals surface area contributed by atoms with Crippen LogP contribution in [0.3, 0.4) is 0 Å².